The third kappa shape index (κ3) is 5.70. The van der Waals surface area contributed by atoms with Crippen LogP contribution in [0.5, 0.6) is 5.75 Å². The molecule has 0 unspecified atom stereocenters. The van der Waals surface area contributed by atoms with Crippen LogP contribution in [0.2, 0.25) is 0 Å². The maximum atomic E-state index is 12.6. The second-order valence-corrected chi connectivity index (χ2v) is 8.13. The highest BCUT2D eigenvalue weighted by molar-refractivity contribution is 7.99. The molecule has 0 aliphatic rings. The van der Waals surface area contributed by atoms with Gasteiger partial charge in [0.25, 0.3) is 0 Å². The predicted molar refractivity (Wildman–Crippen MR) is 117 cm³/mol. The summed E-state index contributed by atoms with van der Waals surface area (Å²) in [5.41, 5.74) is 2.15. The van der Waals surface area contributed by atoms with E-state index in [1.165, 1.54) is 23.9 Å². The van der Waals surface area contributed by atoms with Crippen LogP contribution in [-0.2, 0) is 12.6 Å². The minimum atomic E-state index is -4.42. The minimum absolute atomic E-state index is 0. The van der Waals surface area contributed by atoms with Crippen molar-refractivity contribution in [2.24, 2.45) is 0 Å². The highest BCUT2D eigenvalue weighted by atomic mass is 32.2. The van der Waals surface area contributed by atoms with Crippen LogP contribution >= 0.6 is 11.8 Å². The summed E-state index contributed by atoms with van der Waals surface area (Å²) in [5, 5.41) is 10.9. The molecule has 2 heterocycles. The minimum Gasteiger partial charge on any atom is -0.507 e. The van der Waals surface area contributed by atoms with Gasteiger partial charge in [-0.25, -0.2) is 9.78 Å². The third-order valence-electron chi connectivity index (χ3n) is 4.57. The molecule has 0 atom stereocenters. The van der Waals surface area contributed by atoms with Crippen molar-refractivity contribution in [1.29, 1.82) is 0 Å². The second-order valence-electron chi connectivity index (χ2n) is 7.02. The lowest BCUT2D eigenvalue weighted by Gasteiger charge is -2.12. The lowest BCUT2D eigenvalue weighted by molar-refractivity contribution is -0.137. The van der Waals surface area contributed by atoms with Gasteiger partial charge in [-0.05, 0) is 49.6 Å². The highest BCUT2D eigenvalue weighted by Gasteiger charge is 2.30. The number of nitrogens with zero attached hydrogens (tertiary/aromatic N) is 1. The van der Waals surface area contributed by atoms with Crippen molar-refractivity contribution in [1.82, 2.24) is 4.98 Å². The summed E-state index contributed by atoms with van der Waals surface area (Å²) < 4.78 is 43.1. The summed E-state index contributed by atoms with van der Waals surface area (Å²) in [6.07, 6.45) is -3.33. The van der Waals surface area contributed by atoms with Crippen LogP contribution in [0.3, 0.4) is 0 Å². The zero-order valence-corrected chi connectivity index (χ0v) is 17.4. The Kier molecular flexibility index (Phi) is 7.59. The number of aromatic nitrogens is 1. The van der Waals surface area contributed by atoms with Crippen molar-refractivity contribution < 1.29 is 22.7 Å². The van der Waals surface area contributed by atoms with Gasteiger partial charge in [0.05, 0.1) is 10.6 Å². The lowest BCUT2D eigenvalue weighted by Crippen LogP contribution is -2.08. The first-order chi connectivity index (χ1) is 14.1. The Bertz CT molecular complexity index is 1100. The average molecular weight is 452 g/mol. The van der Waals surface area contributed by atoms with Gasteiger partial charge in [0.1, 0.15) is 17.1 Å². The molecule has 0 amide bonds. The average Bonchev–Trinajstić information content (AvgIpc) is 2.63. The van der Waals surface area contributed by atoms with E-state index in [0.29, 0.717) is 28.5 Å². The molecule has 3 aromatic rings. The standard InChI is InChI=1S/C22H20F3NO3S.CH4/c1-12-8-13(2)19(14(3)9-12)20-17(27)10-16(29-21(20)28)6-7-30-18-5-4-15(11-26-18)22(23,24)25;/h4-5,8-11,27H,6-7H2,1-3H3;1H4. The molecule has 1 N–H and O–H groups in total. The molecule has 0 aliphatic heterocycles. The molecular weight excluding hydrogens is 427 g/mol. The fraction of sp³-hybridized carbons (Fsp3) is 0.304. The number of hydrogen-bond acceptors (Lipinski definition) is 5. The number of halogens is 3. The van der Waals surface area contributed by atoms with Gasteiger partial charge in [0, 0.05) is 24.4 Å². The smallest absolute Gasteiger partial charge is 0.417 e. The molecule has 0 bridgehead atoms. The highest BCUT2D eigenvalue weighted by Crippen LogP contribution is 2.33. The molecule has 166 valence electrons. The van der Waals surface area contributed by atoms with Gasteiger partial charge in [0.15, 0.2) is 0 Å². The third-order valence-corrected chi connectivity index (χ3v) is 5.52. The number of aromatic hydroxyl groups is 1. The van der Waals surface area contributed by atoms with Gasteiger partial charge < -0.3 is 9.52 Å². The van der Waals surface area contributed by atoms with Gasteiger partial charge in [-0.3, -0.25) is 0 Å². The molecule has 31 heavy (non-hydrogen) atoms. The normalized spacial score (nSPS) is 11.3. The van der Waals surface area contributed by atoms with E-state index >= 15 is 0 Å². The van der Waals surface area contributed by atoms with E-state index in [1.54, 1.807) is 0 Å². The van der Waals surface area contributed by atoms with Crippen molar-refractivity contribution in [3.05, 3.63) is 75.0 Å². The van der Waals surface area contributed by atoms with E-state index in [9.17, 15) is 23.1 Å². The summed E-state index contributed by atoms with van der Waals surface area (Å²) in [4.78, 5) is 16.4. The number of thioether (sulfide) groups is 1. The van der Waals surface area contributed by atoms with E-state index < -0.39 is 17.4 Å². The Morgan fingerprint density at radius 2 is 1.71 bits per heavy atom. The molecule has 1 aromatic carbocycles. The van der Waals surface area contributed by atoms with Crippen molar-refractivity contribution in [3.63, 3.8) is 0 Å². The SMILES string of the molecule is C.Cc1cc(C)c(-c2c(O)cc(CCSc3ccc(C(F)(F)F)cn3)oc2=O)c(C)c1. The van der Waals surface area contributed by atoms with E-state index in [-0.39, 0.29) is 18.7 Å². The molecule has 3 rings (SSSR count). The van der Waals surface area contributed by atoms with E-state index in [1.807, 2.05) is 32.9 Å². The van der Waals surface area contributed by atoms with Crippen LogP contribution in [0.1, 0.15) is 35.4 Å². The van der Waals surface area contributed by atoms with Crippen molar-refractivity contribution in [2.75, 3.05) is 5.75 Å². The first-order valence-electron chi connectivity index (χ1n) is 9.16. The summed E-state index contributed by atoms with van der Waals surface area (Å²) in [7, 11) is 0. The molecule has 8 heteroatoms. The molecule has 0 aliphatic carbocycles. The second kappa shape index (κ2) is 9.60. The molecule has 2 aromatic heterocycles. The van der Waals surface area contributed by atoms with Gasteiger partial charge >= 0.3 is 11.8 Å². The summed E-state index contributed by atoms with van der Waals surface area (Å²) in [5.74, 6) is 0.555. The summed E-state index contributed by atoms with van der Waals surface area (Å²) >= 11 is 1.23. The van der Waals surface area contributed by atoms with E-state index in [2.05, 4.69) is 4.98 Å². The fourth-order valence-corrected chi connectivity index (χ4v) is 4.15. The molecule has 4 nitrogen and oxygen atoms in total. The molecule has 0 saturated carbocycles. The largest absolute Gasteiger partial charge is 0.507 e. The van der Waals surface area contributed by atoms with E-state index in [0.717, 1.165) is 29.0 Å². The Labute approximate surface area is 183 Å². The molecule has 0 fully saturated rings. The molecular formula is C23H24F3NO3S. The molecule has 0 spiro atoms. The van der Waals surface area contributed by atoms with Crippen molar-refractivity contribution in [2.45, 2.75) is 45.8 Å². The quantitative estimate of drug-likeness (QED) is 0.460. The Morgan fingerprint density at radius 3 is 2.23 bits per heavy atom. The number of pyridine rings is 1. The summed E-state index contributed by atoms with van der Waals surface area (Å²) in [6.45, 7) is 5.70. The monoisotopic (exact) mass is 451 g/mol. The molecule has 0 radical (unpaired) electrons. The number of rotatable bonds is 5. The maximum Gasteiger partial charge on any atom is 0.417 e. The van der Waals surface area contributed by atoms with Crippen LogP contribution in [0.25, 0.3) is 11.1 Å². The van der Waals surface area contributed by atoms with Crippen LogP contribution in [0.15, 0.2) is 50.8 Å². The Balaban J connectivity index is 0.00000341. The van der Waals surface area contributed by atoms with Crippen LogP contribution in [0.4, 0.5) is 13.2 Å². The zero-order valence-electron chi connectivity index (χ0n) is 16.6. The van der Waals surface area contributed by atoms with Gasteiger partial charge in [-0.2, -0.15) is 13.2 Å². The lowest BCUT2D eigenvalue weighted by atomic mass is 9.94. The topological polar surface area (TPSA) is 63.3 Å². The Hall–Kier alpha value is -2.74. The zero-order chi connectivity index (χ0) is 22.1. The van der Waals surface area contributed by atoms with Crippen LogP contribution < -0.4 is 5.63 Å². The van der Waals surface area contributed by atoms with Crippen LogP contribution in [0, 0.1) is 20.8 Å². The van der Waals surface area contributed by atoms with Gasteiger partial charge in [-0.15, -0.1) is 11.8 Å². The van der Waals surface area contributed by atoms with Crippen LogP contribution in [-0.4, -0.2) is 15.8 Å². The summed E-state index contributed by atoms with van der Waals surface area (Å²) in [6, 6.07) is 7.55. The number of benzene rings is 1. The van der Waals surface area contributed by atoms with Gasteiger partial charge in [0.2, 0.25) is 0 Å². The van der Waals surface area contributed by atoms with E-state index in [4.69, 9.17) is 4.42 Å². The first-order valence-corrected chi connectivity index (χ1v) is 10.1. The predicted octanol–water partition coefficient (Wildman–Crippen LogP) is 6.32. The first kappa shape index (κ1) is 24.5. The van der Waals surface area contributed by atoms with Crippen molar-refractivity contribution in [3.8, 4) is 16.9 Å². The fourth-order valence-electron chi connectivity index (χ4n) is 3.35. The van der Waals surface area contributed by atoms with Crippen molar-refractivity contribution >= 4 is 11.8 Å². The van der Waals surface area contributed by atoms with Gasteiger partial charge in [-0.1, -0.05) is 25.1 Å². The number of aryl methyl sites for hydroxylation is 4. The number of alkyl halides is 3. The molecule has 0 saturated heterocycles. The Morgan fingerprint density at radius 1 is 1.06 bits per heavy atom. The maximum absolute atomic E-state index is 12.6. The number of hydrogen-bond donors (Lipinski definition) is 1.